The van der Waals surface area contributed by atoms with Gasteiger partial charge >= 0.3 is 0 Å². The first-order valence-electron chi connectivity index (χ1n) is 13.6. The van der Waals surface area contributed by atoms with Crippen LogP contribution in [0.3, 0.4) is 0 Å². The van der Waals surface area contributed by atoms with Crippen molar-refractivity contribution in [1.82, 2.24) is 10.2 Å². The third kappa shape index (κ3) is 8.00. The minimum Gasteiger partial charge on any atom is -0.497 e. The summed E-state index contributed by atoms with van der Waals surface area (Å²) in [6.07, 6.45) is 1.06. The van der Waals surface area contributed by atoms with Crippen LogP contribution in [-0.2, 0) is 26.2 Å². The zero-order chi connectivity index (χ0) is 30.0. The van der Waals surface area contributed by atoms with E-state index >= 15 is 0 Å². The monoisotopic (exact) mass is 581 g/mol. The van der Waals surface area contributed by atoms with Gasteiger partial charge in [-0.05, 0) is 61.7 Å². The van der Waals surface area contributed by atoms with Gasteiger partial charge in [0, 0.05) is 18.7 Å². The number of ether oxygens (including phenoxy) is 2. The van der Waals surface area contributed by atoms with Gasteiger partial charge in [-0.15, -0.1) is 0 Å². The zero-order valence-electron chi connectivity index (χ0n) is 24.2. The molecule has 0 aliphatic rings. The van der Waals surface area contributed by atoms with Gasteiger partial charge in [-0.1, -0.05) is 50.2 Å². The first-order chi connectivity index (χ1) is 19.6. The molecule has 0 radical (unpaired) electrons. The third-order valence-electron chi connectivity index (χ3n) is 6.83. The minimum absolute atomic E-state index is 0.0384. The predicted molar refractivity (Wildman–Crippen MR) is 159 cm³/mol. The van der Waals surface area contributed by atoms with E-state index in [0.717, 1.165) is 16.3 Å². The Balaban J connectivity index is 2.08. The lowest BCUT2D eigenvalue weighted by molar-refractivity contribution is -0.140. The summed E-state index contributed by atoms with van der Waals surface area (Å²) in [5.41, 5.74) is 1.01. The molecule has 0 aromatic heterocycles. The molecule has 41 heavy (non-hydrogen) atoms. The van der Waals surface area contributed by atoms with Crippen molar-refractivity contribution in [2.45, 2.75) is 57.1 Å². The molecule has 0 aliphatic heterocycles. The van der Waals surface area contributed by atoms with Crippen LogP contribution in [-0.4, -0.2) is 58.0 Å². The molecule has 0 aliphatic carbocycles. The van der Waals surface area contributed by atoms with Crippen molar-refractivity contribution in [2.75, 3.05) is 25.1 Å². The van der Waals surface area contributed by atoms with E-state index in [1.807, 2.05) is 26.8 Å². The van der Waals surface area contributed by atoms with Crippen LogP contribution in [0.2, 0.25) is 0 Å². The molecule has 3 rings (SSSR count). The molecule has 3 aromatic rings. The maximum Gasteiger partial charge on any atom is 0.264 e. The molecule has 0 spiro atoms. The van der Waals surface area contributed by atoms with Gasteiger partial charge in [-0.25, -0.2) is 8.42 Å². The molecule has 2 atom stereocenters. The van der Waals surface area contributed by atoms with Crippen LogP contribution in [0.5, 0.6) is 11.5 Å². The summed E-state index contributed by atoms with van der Waals surface area (Å²) < 4.78 is 39.6. The Morgan fingerprint density at radius 1 is 0.854 bits per heavy atom. The molecule has 9 nitrogen and oxygen atoms in total. The summed E-state index contributed by atoms with van der Waals surface area (Å²) in [5, 5.41) is 2.97. The zero-order valence-corrected chi connectivity index (χ0v) is 25.1. The number of sulfonamides is 1. The lowest BCUT2D eigenvalue weighted by atomic mass is 10.1. The van der Waals surface area contributed by atoms with Crippen molar-refractivity contribution in [3.8, 4) is 11.5 Å². The highest BCUT2D eigenvalue weighted by molar-refractivity contribution is 7.92. The van der Waals surface area contributed by atoms with E-state index in [1.54, 1.807) is 67.8 Å². The maximum atomic E-state index is 14.2. The Bertz CT molecular complexity index is 1410. The summed E-state index contributed by atoms with van der Waals surface area (Å²) in [5.74, 6) is 0.228. The number of rotatable bonds is 14. The molecule has 0 saturated carbocycles. The van der Waals surface area contributed by atoms with Crippen molar-refractivity contribution in [1.29, 1.82) is 0 Å². The number of hydrogen-bond acceptors (Lipinski definition) is 6. The van der Waals surface area contributed by atoms with E-state index in [1.165, 1.54) is 24.1 Å². The second-order valence-corrected chi connectivity index (χ2v) is 11.5. The second-order valence-electron chi connectivity index (χ2n) is 9.64. The number of carbonyl (C=O) groups is 2. The van der Waals surface area contributed by atoms with Gasteiger partial charge in [0.05, 0.1) is 24.8 Å². The average Bonchev–Trinajstić information content (AvgIpc) is 2.99. The molecule has 0 heterocycles. The number of amides is 2. The molecule has 0 fully saturated rings. The molecule has 2 amide bonds. The number of methoxy groups -OCH3 is 2. The predicted octanol–water partition coefficient (Wildman–Crippen LogP) is 4.62. The molecular weight excluding hydrogens is 542 g/mol. The Morgan fingerprint density at radius 3 is 2.10 bits per heavy atom. The Kier molecular flexibility index (Phi) is 11.2. The summed E-state index contributed by atoms with van der Waals surface area (Å²) in [6.45, 7) is 5.25. The van der Waals surface area contributed by atoms with E-state index in [2.05, 4.69) is 5.32 Å². The van der Waals surface area contributed by atoms with E-state index in [0.29, 0.717) is 17.9 Å². The van der Waals surface area contributed by atoms with E-state index in [9.17, 15) is 18.0 Å². The lowest BCUT2D eigenvalue weighted by Crippen LogP contribution is -2.53. The van der Waals surface area contributed by atoms with E-state index in [4.69, 9.17) is 9.47 Å². The van der Waals surface area contributed by atoms with Crippen LogP contribution in [0, 0.1) is 0 Å². The topological polar surface area (TPSA) is 105 Å². The fourth-order valence-corrected chi connectivity index (χ4v) is 5.77. The number of carbonyl (C=O) groups excluding carboxylic acids is 2. The smallest absolute Gasteiger partial charge is 0.264 e. The van der Waals surface area contributed by atoms with E-state index < -0.39 is 28.5 Å². The second kappa shape index (κ2) is 14.5. The highest BCUT2D eigenvalue weighted by Gasteiger charge is 2.34. The van der Waals surface area contributed by atoms with Crippen molar-refractivity contribution in [3.05, 3.63) is 84.4 Å². The van der Waals surface area contributed by atoms with Gasteiger partial charge in [0.2, 0.25) is 11.8 Å². The highest BCUT2D eigenvalue weighted by Crippen LogP contribution is 2.28. The Morgan fingerprint density at radius 2 is 1.49 bits per heavy atom. The van der Waals surface area contributed by atoms with Gasteiger partial charge in [-0.2, -0.15) is 0 Å². The molecular formula is C31H39N3O6S. The van der Waals surface area contributed by atoms with E-state index in [-0.39, 0.29) is 29.1 Å². The van der Waals surface area contributed by atoms with Crippen molar-refractivity contribution >= 4 is 27.5 Å². The summed E-state index contributed by atoms with van der Waals surface area (Å²) >= 11 is 0. The molecule has 1 N–H and O–H groups in total. The SMILES string of the molecule is CC[C@H](C(=O)N[C@@H](C)CC)N(Cc1cccc(OC)c1)C(=O)CN(c1cccc(OC)c1)S(=O)(=O)c1ccccc1. The minimum atomic E-state index is -4.16. The average molecular weight is 582 g/mol. The molecule has 10 heteroatoms. The standard InChI is InChI=1S/C31H39N3O6S/c1-6-23(3)32-31(36)29(7-2)33(21-24-13-11-15-26(19-24)39-4)30(35)22-34(25-14-12-16-27(20-25)40-5)41(37,38)28-17-9-8-10-18-28/h8-20,23,29H,6-7,21-22H2,1-5H3,(H,32,36)/t23-,29+/m0/s1. The number of nitrogens with one attached hydrogen (secondary N) is 1. The van der Waals surface area contributed by atoms with Crippen LogP contribution >= 0.6 is 0 Å². The third-order valence-corrected chi connectivity index (χ3v) is 8.61. The van der Waals surface area contributed by atoms with Crippen LogP contribution in [0.15, 0.2) is 83.8 Å². The largest absolute Gasteiger partial charge is 0.497 e. The van der Waals surface area contributed by atoms with Gasteiger partial charge < -0.3 is 19.7 Å². The molecule has 0 unspecified atom stereocenters. The Labute approximate surface area is 243 Å². The molecule has 0 bridgehead atoms. The summed E-state index contributed by atoms with van der Waals surface area (Å²) in [4.78, 5) is 29.0. The van der Waals surface area contributed by atoms with Crippen LogP contribution in [0.1, 0.15) is 39.2 Å². The quantitative estimate of drug-likeness (QED) is 0.298. The van der Waals surface area contributed by atoms with Crippen molar-refractivity contribution in [3.63, 3.8) is 0 Å². The first-order valence-corrected chi connectivity index (χ1v) is 15.0. The molecule has 220 valence electrons. The molecule has 0 saturated heterocycles. The number of hydrogen-bond donors (Lipinski definition) is 1. The normalized spacial score (nSPS) is 12.6. The van der Waals surface area contributed by atoms with Crippen molar-refractivity contribution in [2.24, 2.45) is 0 Å². The van der Waals surface area contributed by atoms with Gasteiger partial charge in [0.15, 0.2) is 0 Å². The summed E-state index contributed by atoms with van der Waals surface area (Å²) in [7, 11) is -1.12. The fraction of sp³-hybridized carbons (Fsp3) is 0.355. The van der Waals surface area contributed by atoms with Gasteiger partial charge in [-0.3, -0.25) is 13.9 Å². The van der Waals surface area contributed by atoms with Crippen LogP contribution in [0.25, 0.3) is 0 Å². The number of nitrogens with zero attached hydrogens (tertiary/aromatic N) is 2. The number of benzene rings is 3. The van der Waals surface area contributed by atoms with Crippen LogP contribution < -0.4 is 19.1 Å². The lowest BCUT2D eigenvalue weighted by Gasteiger charge is -2.33. The molecule has 3 aromatic carbocycles. The number of anilines is 1. The first kappa shape index (κ1) is 31.5. The fourth-order valence-electron chi connectivity index (χ4n) is 4.34. The maximum absolute atomic E-state index is 14.2. The highest BCUT2D eigenvalue weighted by atomic mass is 32.2. The summed E-state index contributed by atoms with van der Waals surface area (Å²) in [6, 6.07) is 20.8. The van der Waals surface area contributed by atoms with Gasteiger partial charge in [0.25, 0.3) is 10.0 Å². The Hall–Kier alpha value is -4.05. The van der Waals surface area contributed by atoms with Gasteiger partial charge in [0.1, 0.15) is 24.1 Å². The van der Waals surface area contributed by atoms with Crippen LogP contribution in [0.4, 0.5) is 5.69 Å². The van der Waals surface area contributed by atoms with Crippen molar-refractivity contribution < 1.29 is 27.5 Å².